The van der Waals surface area contributed by atoms with Gasteiger partial charge in [0.2, 0.25) is 5.91 Å². The predicted molar refractivity (Wildman–Crippen MR) is 131 cm³/mol. The first-order chi connectivity index (χ1) is 17.1. The van der Waals surface area contributed by atoms with E-state index in [-0.39, 0.29) is 49.8 Å². The van der Waals surface area contributed by atoms with Crippen molar-refractivity contribution in [3.05, 3.63) is 29.8 Å². The molecule has 0 radical (unpaired) electrons. The summed E-state index contributed by atoms with van der Waals surface area (Å²) in [5.74, 6) is -0.540. The molecular formula is C27H38N2O7. The van der Waals surface area contributed by atoms with Gasteiger partial charge in [-0.15, -0.1) is 0 Å². The molecule has 1 N–H and O–H groups in total. The highest BCUT2D eigenvalue weighted by molar-refractivity contribution is 5.86. The van der Waals surface area contributed by atoms with Crippen LogP contribution < -0.4 is 4.74 Å². The number of piperidine rings is 1. The molecule has 198 valence electrons. The van der Waals surface area contributed by atoms with E-state index in [1.165, 1.54) is 0 Å². The number of aliphatic hydroxyl groups is 1. The van der Waals surface area contributed by atoms with E-state index in [1.807, 2.05) is 45.0 Å². The molecule has 1 aromatic carbocycles. The lowest BCUT2D eigenvalue weighted by molar-refractivity contribution is -0.157. The Balaban J connectivity index is 1.80. The molecule has 36 heavy (non-hydrogen) atoms. The Labute approximate surface area is 212 Å². The van der Waals surface area contributed by atoms with Crippen molar-refractivity contribution in [2.75, 3.05) is 26.9 Å². The molecule has 5 atom stereocenters. The molecule has 1 aliphatic carbocycles. The van der Waals surface area contributed by atoms with Crippen LogP contribution in [0, 0.1) is 17.8 Å². The second-order valence-corrected chi connectivity index (χ2v) is 11.0. The lowest BCUT2D eigenvalue weighted by Crippen LogP contribution is -2.72. The molecule has 3 aliphatic rings. The average Bonchev–Trinajstić information content (AvgIpc) is 2.96. The van der Waals surface area contributed by atoms with Crippen molar-refractivity contribution in [1.82, 2.24) is 9.80 Å². The van der Waals surface area contributed by atoms with Gasteiger partial charge < -0.3 is 29.1 Å². The van der Waals surface area contributed by atoms with Gasteiger partial charge in [0.25, 0.3) is 0 Å². The van der Waals surface area contributed by atoms with E-state index in [0.29, 0.717) is 25.1 Å². The first-order valence-electron chi connectivity index (χ1n) is 12.8. The van der Waals surface area contributed by atoms with Gasteiger partial charge >= 0.3 is 12.1 Å². The predicted octanol–water partition coefficient (Wildman–Crippen LogP) is 2.98. The molecule has 9 heteroatoms. The molecule has 0 spiro atoms. The van der Waals surface area contributed by atoms with Crippen LogP contribution in [0.3, 0.4) is 0 Å². The summed E-state index contributed by atoms with van der Waals surface area (Å²) >= 11 is 0. The van der Waals surface area contributed by atoms with Crippen molar-refractivity contribution in [2.45, 2.75) is 70.7 Å². The lowest BCUT2D eigenvalue weighted by Gasteiger charge is -2.58. The molecule has 0 unspecified atom stereocenters. The molecule has 2 amide bonds. The number of carbonyl (C=O) groups excluding carboxylic acids is 3. The van der Waals surface area contributed by atoms with Gasteiger partial charge in [-0.2, -0.15) is 0 Å². The zero-order valence-electron chi connectivity index (χ0n) is 21.9. The van der Waals surface area contributed by atoms with Crippen LogP contribution in [-0.4, -0.2) is 76.9 Å². The number of hydrogen-bond acceptors (Lipinski definition) is 7. The van der Waals surface area contributed by atoms with Crippen LogP contribution in [0.4, 0.5) is 4.79 Å². The standard InChI is InChI=1S/C27H38N2O7/c1-6-35-22(31)14-27-21-11-12-28(25(33)36-26(2,3)4)23(27)18(16-30)13-20(21)24(32)29(27)15-17-7-9-19(34-5)10-8-17/h7-10,18,20-21,23,30H,6,11-16H2,1-5H3/t18-,20-,21+,23-,27-/m0/s1. The van der Waals surface area contributed by atoms with E-state index in [2.05, 4.69) is 0 Å². The Kier molecular flexibility index (Phi) is 7.23. The Morgan fingerprint density at radius 3 is 2.47 bits per heavy atom. The van der Waals surface area contributed by atoms with Crippen LogP contribution in [0.1, 0.15) is 52.5 Å². The Bertz CT molecular complexity index is 989. The number of hydrogen-bond donors (Lipinski definition) is 1. The number of benzene rings is 1. The molecule has 2 heterocycles. The first kappa shape index (κ1) is 26.3. The van der Waals surface area contributed by atoms with Crippen molar-refractivity contribution in [3.8, 4) is 5.75 Å². The van der Waals surface area contributed by atoms with Gasteiger partial charge in [-0.25, -0.2) is 4.79 Å². The van der Waals surface area contributed by atoms with E-state index in [1.54, 1.807) is 23.8 Å². The van der Waals surface area contributed by atoms with Gasteiger partial charge in [-0.3, -0.25) is 9.59 Å². The van der Waals surface area contributed by atoms with Crippen LogP contribution in [0.5, 0.6) is 5.75 Å². The number of nitrogens with zero attached hydrogens (tertiary/aromatic N) is 2. The maximum absolute atomic E-state index is 13.9. The van der Waals surface area contributed by atoms with Crippen molar-refractivity contribution in [3.63, 3.8) is 0 Å². The molecule has 1 saturated carbocycles. The number of rotatable bonds is 7. The van der Waals surface area contributed by atoms with Crippen molar-refractivity contribution < 1.29 is 33.7 Å². The summed E-state index contributed by atoms with van der Waals surface area (Å²) in [4.78, 5) is 43.8. The Morgan fingerprint density at radius 1 is 1.19 bits per heavy atom. The minimum absolute atomic E-state index is 0.0351. The fourth-order valence-electron chi connectivity index (χ4n) is 6.64. The second kappa shape index (κ2) is 9.92. The maximum Gasteiger partial charge on any atom is 0.410 e. The summed E-state index contributed by atoms with van der Waals surface area (Å²) in [6, 6.07) is 6.91. The van der Waals surface area contributed by atoms with Crippen molar-refractivity contribution in [1.29, 1.82) is 0 Å². The topological polar surface area (TPSA) is 106 Å². The van der Waals surface area contributed by atoms with Crippen LogP contribution in [-0.2, 0) is 25.6 Å². The molecule has 1 aromatic rings. The van der Waals surface area contributed by atoms with E-state index < -0.39 is 29.2 Å². The molecule has 3 fully saturated rings. The second-order valence-electron chi connectivity index (χ2n) is 11.0. The zero-order valence-corrected chi connectivity index (χ0v) is 21.9. The molecule has 4 bridgehead atoms. The largest absolute Gasteiger partial charge is 0.497 e. The van der Waals surface area contributed by atoms with Gasteiger partial charge in [0, 0.05) is 31.5 Å². The third-order valence-corrected chi connectivity index (χ3v) is 7.84. The monoisotopic (exact) mass is 502 g/mol. The quantitative estimate of drug-likeness (QED) is 0.572. The average molecular weight is 503 g/mol. The SMILES string of the molecule is CCOC(=O)C[C@]12[C@@H]3CCN(C(=O)OC(C)(C)C)[C@H]1[C@H](CO)C[C@@H]3C(=O)N2Cc1ccc(OC)cc1. The zero-order chi connectivity index (χ0) is 26.3. The van der Waals surface area contributed by atoms with Crippen LogP contribution in [0.25, 0.3) is 0 Å². The first-order valence-corrected chi connectivity index (χ1v) is 12.8. The van der Waals surface area contributed by atoms with Gasteiger partial charge in [-0.1, -0.05) is 12.1 Å². The summed E-state index contributed by atoms with van der Waals surface area (Å²) in [7, 11) is 1.60. The van der Waals surface area contributed by atoms with Crippen molar-refractivity contribution >= 4 is 18.0 Å². The highest BCUT2D eigenvalue weighted by atomic mass is 16.6. The molecule has 2 aliphatic heterocycles. The minimum atomic E-state index is -0.991. The maximum atomic E-state index is 13.9. The Hall–Kier alpha value is -2.81. The van der Waals surface area contributed by atoms with E-state index >= 15 is 0 Å². The molecule has 4 rings (SSSR count). The van der Waals surface area contributed by atoms with Crippen LogP contribution in [0.2, 0.25) is 0 Å². The lowest BCUT2D eigenvalue weighted by atomic mass is 9.58. The van der Waals surface area contributed by atoms with E-state index in [0.717, 1.165) is 5.56 Å². The summed E-state index contributed by atoms with van der Waals surface area (Å²) in [6.45, 7) is 7.89. The molecule has 0 aromatic heterocycles. The van der Waals surface area contributed by atoms with Crippen molar-refractivity contribution in [2.24, 2.45) is 17.8 Å². The molecule has 2 saturated heterocycles. The van der Waals surface area contributed by atoms with Gasteiger partial charge in [0.05, 0.1) is 31.7 Å². The minimum Gasteiger partial charge on any atom is -0.497 e. The van der Waals surface area contributed by atoms with Gasteiger partial charge in [0.15, 0.2) is 0 Å². The summed E-state index contributed by atoms with van der Waals surface area (Å²) in [6.07, 6.45) is 0.510. The van der Waals surface area contributed by atoms with E-state index in [4.69, 9.17) is 14.2 Å². The fraction of sp³-hybridized carbons (Fsp3) is 0.667. The number of esters is 1. The number of methoxy groups -OCH3 is 1. The highest BCUT2D eigenvalue weighted by Crippen LogP contribution is 2.58. The fourth-order valence-corrected chi connectivity index (χ4v) is 6.64. The Morgan fingerprint density at radius 2 is 1.89 bits per heavy atom. The number of aliphatic hydroxyl groups excluding tert-OH is 1. The number of amides is 2. The number of likely N-dealkylation sites (tertiary alicyclic amines) is 2. The molecule has 9 nitrogen and oxygen atoms in total. The van der Waals surface area contributed by atoms with E-state index in [9.17, 15) is 19.5 Å². The summed E-state index contributed by atoms with van der Waals surface area (Å²) in [5.41, 5.74) is -0.806. The normalized spacial score (nSPS) is 29.2. The number of ether oxygens (including phenoxy) is 3. The third kappa shape index (κ3) is 4.53. The molecular weight excluding hydrogens is 464 g/mol. The third-order valence-electron chi connectivity index (χ3n) is 7.84. The smallest absolute Gasteiger partial charge is 0.410 e. The highest BCUT2D eigenvalue weighted by Gasteiger charge is 2.70. The van der Waals surface area contributed by atoms with Gasteiger partial charge in [-0.05, 0) is 64.2 Å². The van der Waals surface area contributed by atoms with Crippen LogP contribution in [0.15, 0.2) is 24.3 Å². The summed E-state index contributed by atoms with van der Waals surface area (Å²) in [5, 5.41) is 10.4. The van der Waals surface area contributed by atoms with Gasteiger partial charge in [0.1, 0.15) is 11.4 Å². The number of carbonyl (C=O) groups is 3. The van der Waals surface area contributed by atoms with Crippen LogP contribution >= 0.6 is 0 Å². The summed E-state index contributed by atoms with van der Waals surface area (Å²) < 4.78 is 16.4.